The maximum atomic E-state index is 6.72. The SMILES string of the molecule is CC1(c2ccccc2)c2ccccc2-c2c(-c3ccc4cccc5c4c3Oc3ccccc3-5)cccc21. The second kappa shape index (κ2) is 7.44. The van der Waals surface area contributed by atoms with Crippen LogP contribution >= 0.6 is 0 Å². The Bertz CT molecular complexity index is 1860. The van der Waals surface area contributed by atoms with Gasteiger partial charge in [0.15, 0.2) is 0 Å². The normalized spacial score (nSPS) is 16.6. The number of fused-ring (bicyclic) bond motifs is 5. The van der Waals surface area contributed by atoms with Crippen LogP contribution < -0.4 is 4.74 Å². The molecule has 0 aromatic heterocycles. The number of benzene rings is 6. The molecular formula is C36H24O. The van der Waals surface area contributed by atoms with Crippen molar-refractivity contribution in [3.63, 3.8) is 0 Å². The van der Waals surface area contributed by atoms with Crippen molar-refractivity contribution in [3.8, 4) is 44.9 Å². The molecule has 0 N–H and O–H groups in total. The summed E-state index contributed by atoms with van der Waals surface area (Å²) in [6, 6.07) is 45.9. The van der Waals surface area contributed by atoms with E-state index in [-0.39, 0.29) is 5.41 Å². The van der Waals surface area contributed by atoms with E-state index in [1.165, 1.54) is 49.7 Å². The molecule has 6 aromatic rings. The molecule has 0 saturated carbocycles. The minimum Gasteiger partial charge on any atom is -0.455 e. The maximum absolute atomic E-state index is 6.72. The third-order valence-electron chi connectivity index (χ3n) is 8.37. The highest BCUT2D eigenvalue weighted by Gasteiger charge is 2.42. The summed E-state index contributed by atoms with van der Waals surface area (Å²) in [5.74, 6) is 1.86. The molecule has 1 heterocycles. The Labute approximate surface area is 216 Å². The Hall–Kier alpha value is -4.62. The van der Waals surface area contributed by atoms with Gasteiger partial charge in [-0.1, -0.05) is 115 Å². The van der Waals surface area contributed by atoms with Crippen molar-refractivity contribution in [2.45, 2.75) is 12.3 Å². The lowest BCUT2D eigenvalue weighted by Gasteiger charge is -2.28. The Kier molecular flexibility index (Phi) is 4.14. The van der Waals surface area contributed by atoms with E-state index < -0.39 is 0 Å². The first-order valence-corrected chi connectivity index (χ1v) is 12.9. The minimum atomic E-state index is -0.226. The lowest BCUT2D eigenvalue weighted by molar-refractivity contribution is 0.489. The van der Waals surface area contributed by atoms with Crippen LogP contribution in [0.1, 0.15) is 23.6 Å². The van der Waals surface area contributed by atoms with Crippen LogP contribution in [0.15, 0.2) is 127 Å². The lowest BCUT2D eigenvalue weighted by Crippen LogP contribution is -2.22. The average Bonchev–Trinajstić information content (AvgIpc) is 3.23. The van der Waals surface area contributed by atoms with Crippen LogP contribution in [0, 0.1) is 0 Å². The molecule has 0 spiro atoms. The van der Waals surface area contributed by atoms with E-state index in [1.807, 2.05) is 6.07 Å². The Balaban J connectivity index is 1.45. The topological polar surface area (TPSA) is 9.23 Å². The van der Waals surface area contributed by atoms with Crippen molar-refractivity contribution < 1.29 is 4.74 Å². The zero-order chi connectivity index (χ0) is 24.6. The van der Waals surface area contributed by atoms with E-state index in [4.69, 9.17) is 4.74 Å². The van der Waals surface area contributed by atoms with Crippen LogP contribution in [-0.2, 0) is 5.41 Å². The number of ether oxygens (including phenoxy) is 1. The smallest absolute Gasteiger partial charge is 0.143 e. The molecule has 37 heavy (non-hydrogen) atoms. The summed E-state index contributed by atoms with van der Waals surface area (Å²) in [4.78, 5) is 0. The molecule has 0 amide bonds. The second-order valence-electron chi connectivity index (χ2n) is 10.2. The maximum Gasteiger partial charge on any atom is 0.143 e. The predicted molar refractivity (Wildman–Crippen MR) is 152 cm³/mol. The van der Waals surface area contributed by atoms with Gasteiger partial charge in [-0.2, -0.15) is 0 Å². The average molecular weight is 473 g/mol. The molecule has 0 saturated heterocycles. The van der Waals surface area contributed by atoms with Gasteiger partial charge in [-0.25, -0.2) is 0 Å². The van der Waals surface area contributed by atoms with Crippen molar-refractivity contribution in [1.82, 2.24) is 0 Å². The Morgan fingerprint density at radius 3 is 2.05 bits per heavy atom. The summed E-state index contributed by atoms with van der Waals surface area (Å²) in [7, 11) is 0. The highest BCUT2D eigenvalue weighted by molar-refractivity contribution is 6.09. The summed E-state index contributed by atoms with van der Waals surface area (Å²) in [5.41, 5.74) is 11.1. The third kappa shape index (κ3) is 2.69. The van der Waals surface area contributed by atoms with Gasteiger partial charge in [-0.3, -0.25) is 0 Å². The molecule has 1 aliphatic carbocycles. The van der Waals surface area contributed by atoms with Crippen molar-refractivity contribution in [3.05, 3.63) is 144 Å². The zero-order valence-electron chi connectivity index (χ0n) is 20.5. The largest absolute Gasteiger partial charge is 0.455 e. The molecule has 0 fully saturated rings. The molecule has 2 aliphatic rings. The highest BCUT2D eigenvalue weighted by Crippen LogP contribution is 2.57. The highest BCUT2D eigenvalue weighted by atomic mass is 16.5. The van der Waals surface area contributed by atoms with Gasteiger partial charge in [0.1, 0.15) is 11.5 Å². The fourth-order valence-corrected chi connectivity index (χ4v) is 6.62. The number of hydrogen-bond acceptors (Lipinski definition) is 1. The van der Waals surface area contributed by atoms with Crippen molar-refractivity contribution in [2.24, 2.45) is 0 Å². The molecule has 1 atom stereocenters. The van der Waals surface area contributed by atoms with Crippen molar-refractivity contribution in [2.75, 3.05) is 0 Å². The fraction of sp³-hybridized carbons (Fsp3) is 0.0556. The van der Waals surface area contributed by atoms with Gasteiger partial charge < -0.3 is 4.74 Å². The van der Waals surface area contributed by atoms with Crippen molar-refractivity contribution in [1.29, 1.82) is 0 Å². The molecule has 8 rings (SSSR count). The first-order chi connectivity index (χ1) is 18.2. The van der Waals surface area contributed by atoms with Crippen LogP contribution in [0.5, 0.6) is 11.5 Å². The van der Waals surface area contributed by atoms with Gasteiger partial charge in [0, 0.05) is 21.9 Å². The molecule has 174 valence electrons. The van der Waals surface area contributed by atoms with E-state index in [0.29, 0.717) is 0 Å². The Morgan fingerprint density at radius 1 is 0.486 bits per heavy atom. The Morgan fingerprint density at radius 2 is 1.16 bits per heavy atom. The predicted octanol–water partition coefficient (Wildman–Crippen LogP) is 9.61. The summed E-state index contributed by atoms with van der Waals surface area (Å²) >= 11 is 0. The van der Waals surface area contributed by atoms with E-state index >= 15 is 0 Å². The number of rotatable bonds is 2. The third-order valence-corrected chi connectivity index (χ3v) is 8.37. The molecule has 1 nitrogen and oxygen atoms in total. The van der Waals surface area contributed by atoms with Crippen molar-refractivity contribution >= 4 is 10.8 Å². The standard InChI is InChI=1S/C36H24O/c1-36(24-12-3-2-4-13-24)30-18-7-5-15-29(30)34-27(17-10-19-31(34)36)28-22-21-23-11-9-16-26-25-14-6-8-20-32(25)37-35(28)33(23)26/h2-22H,1H3. The fourth-order valence-electron chi connectivity index (χ4n) is 6.62. The molecule has 1 unspecified atom stereocenters. The van der Waals surface area contributed by atoms with E-state index in [0.717, 1.165) is 22.6 Å². The molecule has 0 bridgehead atoms. The van der Waals surface area contributed by atoms with Crippen LogP contribution in [0.4, 0.5) is 0 Å². The van der Waals surface area contributed by atoms with Crippen LogP contribution in [0.3, 0.4) is 0 Å². The van der Waals surface area contributed by atoms with Gasteiger partial charge in [-0.15, -0.1) is 0 Å². The lowest BCUT2D eigenvalue weighted by atomic mass is 9.74. The summed E-state index contributed by atoms with van der Waals surface area (Å²) in [6.45, 7) is 2.37. The van der Waals surface area contributed by atoms with E-state index in [2.05, 4.69) is 128 Å². The van der Waals surface area contributed by atoms with Crippen LogP contribution in [-0.4, -0.2) is 0 Å². The molecule has 1 heteroatoms. The summed E-state index contributed by atoms with van der Waals surface area (Å²) in [6.07, 6.45) is 0. The summed E-state index contributed by atoms with van der Waals surface area (Å²) < 4.78 is 6.72. The van der Waals surface area contributed by atoms with Gasteiger partial charge >= 0.3 is 0 Å². The first-order valence-electron chi connectivity index (χ1n) is 12.9. The van der Waals surface area contributed by atoms with E-state index in [1.54, 1.807) is 0 Å². The first kappa shape index (κ1) is 20.6. The summed E-state index contributed by atoms with van der Waals surface area (Å²) in [5, 5.41) is 2.39. The molecule has 0 radical (unpaired) electrons. The number of para-hydroxylation sites is 1. The van der Waals surface area contributed by atoms with Gasteiger partial charge in [0.05, 0.1) is 0 Å². The van der Waals surface area contributed by atoms with E-state index in [9.17, 15) is 0 Å². The molecule has 6 aromatic carbocycles. The van der Waals surface area contributed by atoms with Gasteiger partial charge in [0.25, 0.3) is 0 Å². The second-order valence-corrected chi connectivity index (χ2v) is 10.2. The monoisotopic (exact) mass is 472 g/mol. The zero-order valence-corrected chi connectivity index (χ0v) is 20.5. The minimum absolute atomic E-state index is 0.226. The van der Waals surface area contributed by atoms with Crippen LogP contribution in [0.25, 0.3) is 44.2 Å². The number of hydrogen-bond donors (Lipinski definition) is 0. The quantitative estimate of drug-likeness (QED) is 0.243. The van der Waals surface area contributed by atoms with Gasteiger partial charge in [-0.05, 0) is 63.4 Å². The molecular weight excluding hydrogens is 448 g/mol. The van der Waals surface area contributed by atoms with Crippen LogP contribution in [0.2, 0.25) is 0 Å². The van der Waals surface area contributed by atoms with Gasteiger partial charge in [0.2, 0.25) is 0 Å². The molecule has 1 aliphatic heterocycles.